The Balaban J connectivity index is 1.43. The van der Waals surface area contributed by atoms with Crippen LogP contribution in [0.25, 0.3) is 0 Å². The Bertz CT molecular complexity index is 1370. The molecule has 0 saturated carbocycles. The topological polar surface area (TPSA) is 113 Å². The van der Waals surface area contributed by atoms with Gasteiger partial charge in [0.05, 0.1) is 12.2 Å². The summed E-state index contributed by atoms with van der Waals surface area (Å²) in [5.41, 5.74) is 1.63. The lowest BCUT2D eigenvalue weighted by molar-refractivity contribution is -0.141. The number of nitrogens with zero attached hydrogens (tertiary/aromatic N) is 2. The van der Waals surface area contributed by atoms with E-state index in [9.17, 15) is 14.4 Å². The van der Waals surface area contributed by atoms with E-state index in [0.717, 1.165) is 11.1 Å². The molecule has 3 amide bonds. The van der Waals surface area contributed by atoms with E-state index in [0.29, 0.717) is 47.9 Å². The van der Waals surface area contributed by atoms with E-state index in [1.807, 2.05) is 30.3 Å². The van der Waals surface area contributed by atoms with Gasteiger partial charge in [-0.25, -0.2) is 9.78 Å². The maximum Gasteiger partial charge on any atom is 0.412 e. The molecule has 1 saturated heterocycles. The van der Waals surface area contributed by atoms with Crippen molar-refractivity contribution in [3.63, 3.8) is 0 Å². The van der Waals surface area contributed by atoms with E-state index >= 15 is 0 Å². The summed E-state index contributed by atoms with van der Waals surface area (Å²) >= 11 is 6.29. The lowest BCUT2D eigenvalue weighted by Gasteiger charge is -2.45. The number of piperidine rings is 1. The first-order valence-corrected chi connectivity index (χ1v) is 12.8. The molecule has 5 rings (SSSR count). The summed E-state index contributed by atoms with van der Waals surface area (Å²) in [5.74, 6) is -0.0794. The average molecular weight is 534 g/mol. The standard InChI is InChI=1S/C28H28ClN5O4/c1-30-24-15-19(10-12-31-24)25(35)32-23(14-18-6-3-2-4-7-18)26(36)34-13-5-11-28(17-34)21-16-20(29)8-9-22(21)33-27(37)38-28/h2-4,6-10,12,15-16,23H,5,11,13-14,17H2,1H3,(H,30,31)(H,32,35)(H,33,37)/t23-,28-/m0/s1. The molecule has 196 valence electrons. The minimum Gasteiger partial charge on any atom is -0.436 e. The molecule has 38 heavy (non-hydrogen) atoms. The number of halogens is 1. The molecular formula is C28H28ClN5O4. The highest BCUT2D eigenvalue weighted by Crippen LogP contribution is 2.43. The summed E-state index contributed by atoms with van der Waals surface area (Å²) in [6.07, 6.45) is 2.45. The number of ether oxygens (including phenoxy) is 1. The van der Waals surface area contributed by atoms with Gasteiger partial charge in [0.25, 0.3) is 5.91 Å². The van der Waals surface area contributed by atoms with Crippen molar-refractivity contribution in [2.24, 2.45) is 0 Å². The number of hydrogen-bond acceptors (Lipinski definition) is 6. The lowest BCUT2D eigenvalue weighted by Crippen LogP contribution is -2.57. The largest absolute Gasteiger partial charge is 0.436 e. The van der Waals surface area contributed by atoms with Gasteiger partial charge in [-0.15, -0.1) is 0 Å². The molecule has 0 aliphatic carbocycles. The predicted molar refractivity (Wildman–Crippen MR) is 144 cm³/mol. The van der Waals surface area contributed by atoms with Crippen molar-refractivity contribution in [3.8, 4) is 0 Å². The van der Waals surface area contributed by atoms with Gasteiger partial charge in [0, 0.05) is 42.4 Å². The number of nitrogens with one attached hydrogen (secondary N) is 3. The number of hydrogen-bond donors (Lipinski definition) is 3. The highest BCUT2D eigenvalue weighted by Gasteiger charge is 2.47. The van der Waals surface area contributed by atoms with Crippen molar-refractivity contribution in [2.75, 3.05) is 30.8 Å². The van der Waals surface area contributed by atoms with Crippen molar-refractivity contribution >= 4 is 41.0 Å². The normalized spacial score (nSPS) is 19.1. The molecule has 0 radical (unpaired) electrons. The second kappa shape index (κ2) is 10.7. The molecular weight excluding hydrogens is 506 g/mol. The van der Waals surface area contributed by atoms with E-state index < -0.39 is 17.7 Å². The summed E-state index contributed by atoms with van der Waals surface area (Å²) in [5, 5.41) is 9.08. The number of carbonyl (C=O) groups excluding carboxylic acids is 3. The maximum atomic E-state index is 14.0. The number of amides is 3. The number of fused-ring (bicyclic) bond motifs is 2. The van der Waals surface area contributed by atoms with Gasteiger partial charge in [-0.3, -0.25) is 14.9 Å². The third-order valence-electron chi connectivity index (χ3n) is 6.93. The monoisotopic (exact) mass is 533 g/mol. The average Bonchev–Trinajstić information content (AvgIpc) is 2.93. The first kappa shape index (κ1) is 25.5. The zero-order chi connectivity index (χ0) is 26.7. The third-order valence-corrected chi connectivity index (χ3v) is 7.16. The summed E-state index contributed by atoms with van der Waals surface area (Å²) in [6, 6.07) is 17.1. The molecule has 2 aromatic carbocycles. The van der Waals surface area contributed by atoms with Gasteiger partial charge in [-0.05, 0) is 48.7 Å². The van der Waals surface area contributed by atoms with Crippen molar-refractivity contribution in [2.45, 2.75) is 30.9 Å². The summed E-state index contributed by atoms with van der Waals surface area (Å²) in [4.78, 5) is 45.5. The van der Waals surface area contributed by atoms with Crippen molar-refractivity contribution in [3.05, 3.63) is 88.6 Å². The molecule has 1 spiro atoms. The lowest BCUT2D eigenvalue weighted by atomic mass is 9.83. The Morgan fingerprint density at radius 3 is 2.79 bits per heavy atom. The molecule has 2 aliphatic rings. The highest BCUT2D eigenvalue weighted by atomic mass is 35.5. The van der Waals surface area contributed by atoms with E-state index in [1.54, 1.807) is 42.3 Å². The van der Waals surface area contributed by atoms with Crippen LogP contribution in [-0.4, -0.2) is 54.0 Å². The van der Waals surface area contributed by atoms with Crippen LogP contribution in [0.1, 0.15) is 34.3 Å². The van der Waals surface area contributed by atoms with E-state index in [2.05, 4.69) is 20.9 Å². The number of rotatable bonds is 6. The maximum absolute atomic E-state index is 14.0. The van der Waals surface area contributed by atoms with Gasteiger partial charge >= 0.3 is 6.09 Å². The number of pyridine rings is 1. The molecule has 2 atom stereocenters. The minimum atomic E-state index is -1.02. The number of carbonyl (C=O) groups is 3. The third kappa shape index (κ3) is 5.28. The van der Waals surface area contributed by atoms with Gasteiger partial charge in [-0.2, -0.15) is 0 Å². The number of aromatic nitrogens is 1. The van der Waals surface area contributed by atoms with E-state index in [-0.39, 0.29) is 18.4 Å². The minimum absolute atomic E-state index is 0.160. The second-order valence-electron chi connectivity index (χ2n) is 9.46. The van der Waals surface area contributed by atoms with Gasteiger partial charge < -0.3 is 20.3 Å². The zero-order valence-electron chi connectivity index (χ0n) is 20.9. The molecule has 0 unspecified atom stereocenters. The van der Waals surface area contributed by atoms with Crippen molar-refractivity contribution < 1.29 is 19.1 Å². The van der Waals surface area contributed by atoms with Crippen LogP contribution in [0.15, 0.2) is 66.9 Å². The highest BCUT2D eigenvalue weighted by molar-refractivity contribution is 6.30. The van der Waals surface area contributed by atoms with E-state index in [4.69, 9.17) is 16.3 Å². The first-order valence-electron chi connectivity index (χ1n) is 12.4. The van der Waals surface area contributed by atoms with Gasteiger partial charge in [-0.1, -0.05) is 41.9 Å². The van der Waals surface area contributed by atoms with Crippen LogP contribution in [0.3, 0.4) is 0 Å². The fourth-order valence-corrected chi connectivity index (χ4v) is 5.28. The van der Waals surface area contributed by atoms with Crippen molar-refractivity contribution in [1.82, 2.24) is 15.2 Å². The quantitative estimate of drug-likeness (QED) is 0.438. The summed E-state index contributed by atoms with van der Waals surface area (Å²) in [6.45, 7) is 0.634. The van der Waals surface area contributed by atoms with Crippen LogP contribution in [0.5, 0.6) is 0 Å². The van der Waals surface area contributed by atoms with Crippen LogP contribution in [0.4, 0.5) is 16.3 Å². The Hall–Kier alpha value is -4.11. The fraction of sp³-hybridized carbons (Fsp3) is 0.286. The molecule has 1 aromatic heterocycles. The Kier molecular flexibility index (Phi) is 7.20. The molecule has 9 nitrogen and oxygen atoms in total. The Morgan fingerprint density at radius 1 is 1.18 bits per heavy atom. The summed E-state index contributed by atoms with van der Waals surface area (Å²) < 4.78 is 5.85. The van der Waals surface area contributed by atoms with Crippen LogP contribution >= 0.6 is 11.6 Å². The van der Waals surface area contributed by atoms with Gasteiger partial charge in [0.2, 0.25) is 5.91 Å². The van der Waals surface area contributed by atoms with Gasteiger partial charge in [0.1, 0.15) is 11.9 Å². The number of benzene rings is 2. The number of likely N-dealkylation sites (tertiary alicyclic amines) is 1. The molecule has 3 aromatic rings. The molecule has 10 heteroatoms. The smallest absolute Gasteiger partial charge is 0.412 e. The second-order valence-corrected chi connectivity index (χ2v) is 9.89. The first-order chi connectivity index (χ1) is 18.4. The molecule has 3 N–H and O–H groups in total. The van der Waals surface area contributed by atoms with Crippen LogP contribution in [-0.2, 0) is 21.6 Å². The van der Waals surface area contributed by atoms with E-state index in [1.165, 1.54) is 6.20 Å². The Labute approximate surface area is 225 Å². The molecule has 1 fully saturated rings. The predicted octanol–water partition coefficient (Wildman–Crippen LogP) is 4.20. The molecule has 3 heterocycles. The molecule has 2 aliphatic heterocycles. The SMILES string of the molecule is CNc1cc(C(=O)N[C@@H](Cc2ccccc2)C(=O)N2CCC[C@@]3(C2)OC(=O)Nc2ccc(Cl)cc23)ccn1. The number of anilines is 2. The van der Waals surface area contributed by atoms with Crippen LogP contribution in [0, 0.1) is 0 Å². The molecule has 0 bridgehead atoms. The summed E-state index contributed by atoms with van der Waals surface area (Å²) in [7, 11) is 1.72. The van der Waals surface area contributed by atoms with Crippen LogP contribution < -0.4 is 16.0 Å². The Morgan fingerprint density at radius 2 is 2.00 bits per heavy atom. The van der Waals surface area contributed by atoms with Crippen LogP contribution in [0.2, 0.25) is 5.02 Å². The fourth-order valence-electron chi connectivity index (χ4n) is 5.10. The van der Waals surface area contributed by atoms with Gasteiger partial charge in [0.15, 0.2) is 5.60 Å². The zero-order valence-corrected chi connectivity index (χ0v) is 21.6. The van der Waals surface area contributed by atoms with Crippen molar-refractivity contribution in [1.29, 1.82) is 0 Å².